The van der Waals surface area contributed by atoms with Gasteiger partial charge < -0.3 is 9.30 Å². The SMILES string of the molecule is CC(C)(C)C(=O)c1ccc2ccccc2n1.COc1ccn(C)c1C(=O)C(C)(C)C.Cc1[nH]ncc1C(=O)C(C)(C)C.Cc1c(C(=O)C(C)(C)C)cnn1C.Cc1cc(F)c(F)c(C(=O)C(C)(C)C)c1F.Cc1cc(F)cc(C(=O)C(C)(C)C)c1.Cc1ccc(CC(=O)C(C)(C)C)cc1.Cc1ccc(CC(=O)C(C)(C)C)cc1. The highest BCUT2D eigenvalue weighted by atomic mass is 19.2. The first kappa shape index (κ1) is 99.2. The van der Waals surface area contributed by atoms with Gasteiger partial charge in [0.05, 0.1) is 41.7 Å². The third kappa shape index (κ3) is 31.5. The fourth-order valence-electron chi connectivity index (χ4n) is 9.90. The van der Waals surface area contributed by atoms with Crippen LogP contribution in [-0.4, -0.2) is 82.9 Å². The van der Waals surface area contributed by atoms with Crippen molar-refractivity contribution in [2.24, 2.45) is 57.4 Å². The summed E-state index contributed by atoms with van der Waals surface area (Å²) in [6.45, 7) is 55.7. The molecular weight excluding hydrogens is 1430 g/mol. The zero-order valence-electron chi connectivity index (χ0n) is 73.5. The van der Waals surface area contributed by atoms with E-state index >= 15 is 0 Å². The Kier molecular flexibility index (Phi) is 35.7. The zero-order valence-corrected chi connectivity index (χ0v) is 73.5. The molecule has 0 fully saturated rings. The Balaban J connectivity index is 0.000000439. The lowest BCUT2D eigenvalue weighted by molar-refractivity contribution is -0.126. The average molecular weight is 1560 g/mol. The van der Waals surface area contributed by atoms with Crippen LogP contribution in [-0.2, 0) is 36.5 Å². The van der Waals surface area contributed by atoms with Crippen LogP contribution in [0.25, 0.3) is 10.9 Å². The number of carbonyl (C=O) groups is 8. The van der Waals surface area contributed by atoms with Gasteiger partial charge in [0.1, 0.15) is 40.3 Å². The molecule has 0 aliphatic heterocycles. The number of ketones is 8. The monoisotopic (exact) mass is 1560 g/mol. The van der Waals surface area contributed by atoms with Gasteiger partial charge in [0, 0.05) is 98.8 Å². The molecule has 19 heteroatoms. The summed E-state index contributed by atoms with van der Waals surface area (Å²) in [7, 11) is 5.27. The maximum absolute atomic E-state index is 13.6. The van der Waals surface area contributed by atoms with E-state index < -0.39 is 39.6 Å². The van der Waals surface area contributed by atoms with Crippen LogP contribution in [0.3, 0.4) is 0 Å². The molecule has 0 aliphatic rings. The minimum absolute atomic E-state index is 0.0277. The summed E-state index contributed by atoms with van der Waals surface area (Å²) in [6.07, 6.45) is 6.15. The number of para-hydroxylation sites is 1. The highest BCUT2D eigenvalue weighted by Crippen LogP contribution is 2.31. The molecule has 9 rings (SSSR count). The molecule has 0 saturated carbocycles. The Morgan fingerprint density at radius 1 is 0.442 bits per heavy atom. The number of benzene rings is 5. The fraction of sp³-hybridized carbons (Fsp3) is 0.457. The molecule has 0 radical (unpaired) electrons. The number of nitrogens with zero attached hydrogens (tertiary/aromatic N) is 5. The van der Waals surface area contributed by atoms with Crippen molar-refractivity contribution in [3.05, 3.63) is 236 Å². The second-order valence-electron chi connectivity index (χ2n) is 36.8. The summed E-state index contributed by atoms with van der Waals surface area (Å²) in [5.74, 6) is -3.03. The van der Waals surface area contributed by atoms with Crippen LogP contribution in [0.4, 0.5) is 17.6 Å². The first-order chi connectivity index (χ1) is 51.4. The molecule has 15 nitrogen and oxygen atoms in total. The van der Waals surface area contributed by atoms with Crippen molar-refractivity contribution in [2.75, 3.05) is 7.11 Å². The van der Waals surface area contributed by atoms with Gasteiger partial charge in [-0.05, 0) is 106 Å². The third-order valence-corrected chi connectivity index (χ3v) is 17.5. The highest BCUT2D eigenvalue weighted by molar-refractivity contribution is 6.03. The number of pyridine rings is 1. The van der Waals surface area contributed by atoms with Gasteiger partial charge in [-0.15, -0.1) is 0 Å². The van der Waals surface area contributed by atoms with E-state index in [-0.39, 0.29) is 72.8 Å². The number of carbonyl (C=O) groups excluding carboxylic acids is 8. The van der Waals surface area contributed by atoms with E-state index in [1.807, 2.05) is 258 Å². The van der Waals surface area contributed by atoms with E-state index in [4.69, 9.17) is 4.74 Å². The number of hydrogen-bond acceptors (Lipinski definition) is 12. The molecule has 5 aromatic carbocycles. The number of halogens is 4. The predicted octanol–water partition coefficient (Wildman–Crippen LogP) is 22.9. The normalized spacial score (nSPS) is 11.6. The van der Waals surface area contributed by atoms with Gasteiger partial charge >= 0.3 is 0 Å². The van der Waals surface area contributed by atoms with Crippen molar-refractivity contribution in [1.29, 1.82) is 0 Å². The third-order valence-electron chi connectivity index (χ3n) is 17.5. The van der Waals surface area contributed by atoms with Gasteiger partial charge in [-0.2, -0.15) is 10.2 Å². The van der Waals surface area contributed by atoms with Crippen molar-refractivity contribution in [2.45, 2.75) is 221 Å². The van der Waals surface area contributed by atoms with E-state index in [1.54, 1.807) is 53.9 Å². The van der Waals surface area contributed by atoms with Crippen molar-refractivity contribution in [1.82, 2.24) is 29.5 Å². The van der Waals surface area contributed by atoms with Gasteiger partial charge in [-0.1, -0.05) is 250 Å². The number of ether oxygens (including phenoxy) is 1. The van der Waals surface area contributed by atoms with Crippen molar-refractivity contribution < 1.29 is 60.7 Å². The Hall–Kier alpha value is -9.91. The smallest absolute Gasteiger partial charge is 0.188 e. The number of nitrogens with one attached hydrogen (secondary N) is 1. The molecule has 9 aromatic rings. The molecule has 614 valence electrons. The largest absolute Gasteiger partial charge is 0.494 e. The number of hydrogen-bond donors (Lipinski definition) is 1. The molecule has 0 amide bonds. The molecule has 4 heterocycles. The summed E-state index contributed by atoms with van der Waals surface area (Å²) < 4.78 is 61.7. The summed E-state index contributed by atoms with van der Waals surface area (Å²) >= 11 is 0. The minimum atomic E-state index is -1.41. The molecule has 0 atom stereocenters. The van der Waals surface area contributed by atoms with E-state index in [0.29, 0.717) is 52.7 Å². The van der Waals surface area contributed by atoms with Crippen LogP contribution in [0.5, 0.6) is 5.75 Å². The maximum atomic E-state index is 13.6. The Morgan fingerprint density at radius 3 is 1.27 bits per heavy atom. The lowest BCUT2D eigenvalue weighted by Gasteiger charge is -2.18. The van der Waals surface area contributed by atoms with Gasteiger partial charge in [0.15, 0.2) is 46.3 Å². The van der Waals surface area contributed by atoms with E-state index in [1.165, 1.54) is 51.0 Å². The number of fused-ring (bicyclic) bond motifs is 1. The fourth-order valence-corrected chi connectivity index (χ4v) is 9.90. The molecule has 0 aliphatic carbocycles. The Labute approximate surface area is 670 Å². The molecule has 0 saturated heterocycles. The average Bonchev–Trinajstić information content (AvgIpc) is 1.74. The van der Waals surface area contributed by atoms with E-state index in [9.17, 15) is 55.9 Å². The summed E-state index contributed by atoms with van der Waals surface area (Å²) in [4.78, 5) is 99.0. The molecule has 4 aromatic heterocycles. The highest BCUT2D eigenvalue weighted by Gasteiger charge is 2.33. The van der Waals surface area contributed by atoms with Crippen molar-refractivity contribution in [3.8, 4) is 5.75 Å². The second-order valence-corrected chi connectivity index (χ2v) is 36.8. The standard InChI is InChI=1S/C14H15NO.2C13H18O.C12H13F3O.C12H15FO.C11H17NO2.C10H16N2O.C9H14N2O/c1-14(2,3)13(16)12-9-8-10-6-4-5-7-11(10)15-12;2*1-10-5-7-11(8-6-10)9-12(14)13(2,3)4;1-6-5-7(13)10(15)8(9(6)14)11(16)12(2,3)4;1-8-5-9(7-10(13)6-8)11(14)12(2,3)4;1-11(2,3)10(13)9-8(14-5)6-7-12(9)4;1-7-8(6-11-12(7)5)9(13)10(2,3)4;1-6-7(5-10-11-6)8(12)9(2,3)4/h4-9H,1-3H3;2*5-8H,9H2,1-4H3;5H,1-4H3;5-7H,1-4H3;6-7H,1-5H3;6H,1-5H3;5H,1-4H3,(H,10,11). The lowest BCUT2D eigenvalue weighted by atomic mass is 9.85. The summed E-state index contributed by atoms with van der Waals surface area (Å²) in [5.41, 5.74) is 7.02. The van der Waals surface area contributed by atoms with Gasteiger partial charge in [-0.3, -0.25) is 48.1 Å². The molecule has 113 heavy (non-hydrogen) atoms. The maximum Gasteiger partial charge on any atom is 0.188 e. The van der Waals surface area contributed by atoms with Crippen LogP contribution in [0.2, 0.25) is 0 Å². The first-order valence-corrected chi connectivity index (χ1v) is 37.8. The molecular formula is C94H126F4N6O9. The van der Waals surface area contributed by atoms with Crippen LogP contribution in [0.15, 0.2) is 134 Å². The number of aryl methyl sites for hydroxylation is 7. The number of aromatic nitrogens is 6. The predicted molar refractivity (Wildman–Crippen MR) is 449 cm³/mol. The van der Waals surface area contributed by atoms with Crippen molar-refractivity contribution >= 4 is 57.2 Å². The molecule has 1 N–H and O–H groups in total. The summed E-state index contributed by atoms with van der Waals surface area (Å²) in [5, 5.41) is 11.7. The van der Waals surface area contributed by atoms with Crippen molar-refractivity contribution in [3.63, 3.8) is 0 Å². The van der Waals surface area contributed by atoms with E-state index in [0.717, 1.165) is 50.6 Å². The van der Waals surface area contributed by atoms with Gasteiger partial charge in [0.25, 0.3) is 0 Å². The Bertz CT molecular complexity index is 4630. The number of aromatic amines is 1. The van der Waals surface area contributed by atoms with Crippen LogP contribution >= 0.6 is 0 Å². The summed E-state index contributed by atoms with van der Waals surface area (Å²) in [6, 6.07) is 34.8. The second kappa shape index (κ2) is 40.7. The zero-order chi connectivity index (χ0) is 87.4. The van der Waals surface area contributed by atoms with E-state index in [2.05, 4.69) is 34.1 Å². The van der Waals surface area contributed by atoms with Gasteiger partial charge in [-0.25, -0.2) is 22.5 Å². The molecule has 0 bridgehead atoms. The Morgan fingerprint density at radius 2 is 0.885 bits per heavy atom. The topological polar surface area (TPSA) is 210 Å². The first-order valence-electron chi connectivity index (χ1n) is 37.8. The quantitative estimate of drug-likeness (QED) is 0.0728. The number of Topliss-reactive ketones (excluding diaryl/α,β-unsaturated/α-hetero) is 8. The molecule has 0 unspecified atom stereocenters. The number of methoxy groups -OCH3 is 1. The number of rotatable bonds is 11. The van der Waals surface area contributed by atoms with Crippen LogP contribution < -0.4 is 4.74 Å². The lowest BCUT2D eigenvalue weighted by Crippen LogP contribution is -2.23. The number of H-pyrrole nitrogens is 1. The minimum Gasteiger partial charge on any atom is -0.494 e. The molecule has 0 spiro atoms. The van der Waals surface area contributed by atoms with Crippen LogP contribution in [0, 0.1) is 108 Å². The van der Waals surface area contributed by atoms with Gasteiger partial charge in [0.2, 0.25) is 0 Å². The van der Waals surface area contributed by atoms with Crippen LogP contribution in [0.1, 0.15) is 273 Å².